The number of rotatable bonds is 6. The quantitative estimate of drug-likeness (QED) is 0.261. The molecule has 0 saturated heterocycles. The molecule has 10 heteroatoms. The van der Waals surface area contributed by atoms with Crippen LogP contribution < -0.4 is 20.5 Å². The van der Waals surface area contributed by atoms with Crippen LogP contribution in [0.2, 0.25) is 0 Å². The van der Waals surface area contributed by atoms with E-state index in [4.69, 9.17) is 25.3 Å². The number of nitrogens with one attached hydrogen (secondary N) is 1. The Morgan fingerprint density at radius 3 is 2.32 bits per heavy atom. The lowest BCUT2D eigenvalue weighted by molar-refractivity contribution is -0.137. The smallest absolute Gasteiger partial charge is 0.416 e. The molecule has 37 heavy (non-hydrogen) atoms. The van der Waals surface area contributed by atoms with Gasteiger partial charge in [-0.15, -0.1) is 0 Å². The van der Waals surface area contributed by atoms with Crippen molar-refractivity contribution in [2.45, 2.75) is 19.1 Å². The second-order valence-corrected chi connectivity index (χ2v) is 8.60. The van der Waals surface area contributed by atoms with Crippen molar-refractivity contribution in [2.75, 3.05) is 25.3 Å². The summed E-state index contributed by atoms with van der Waals surface area (Å²) in [6.45, 7) is 1.75. The van der Waals surface area contributed by atoms with E-state index in [1.54, 1.807) is 30.7 Å². The number of nitrogens with zero attached hydrogens (tertiary/aromatic N) is 3. The van der Waals surface area contributed by atoms with E-state index in [1.165, 1.54) is 13.2 Å². The van der Waals surface area contributed by atoms with Crippen molar-refractivity contribution in [1.82, 2.24) is 14.6 Å². The summed E-state index contributed by atoms with van der Waals surface area (Å²) in [6, 6.07) is 18.1. The number of nitrogens with two attached hydrogens (primary N) is 1. The topological polar surface area (TPSA) is 86.7 Å². The molecule has 0 unspecified atom stereocenters. The van der Waals surface area contributed by atoms with E-state index in [0.717, 1.165) is 23.4 Å². The van der Waals surface area contributed by atoms with Crippen LogP contribution in [-0.4, -0.2) is 28.8 Å². The molecule has 0 aliphatic carbocycles. The highest BCUT2D eigenvalue weighted by molar-refractivity contribution is 5.94. The molecule has 0 radical (unpaired) electrons. The Kier molecular flexibility index (Phi) is 6.02. The fraction of sp³-hybridized carbons (Fsp3) is 0.185. The van der Waals surface area contributed by atoms with E-state index in [1.807, 2.05) is 36.4 Å². The second kappa shape index (κ2) is 9.20. The van der Waals surface area contributed by atoms with E-state index in [-0.39, 0.29) is 5.69 Å². The maximum Gasteiger partial charge on any atom is 0.416 e. The molecular formula is C27H24F3N5O2. The first kappa shape index (κ1) is 24.2. The Morgan fingerprint density at radius 1 is 0.946 bits per heavy atom. The number of halogens is 3. The Balaban J connectivity index is 1.67. The van der Waals surface area contributed by atoms with Crippen molar-refractivity contribution in [3.05, 3.63) is 77.9 Å². The number of anilines is 2. The second-order valence-electron chi connectivity index (χ2n) is 8.60. The lowest BCUT2D eigenvalue weighted by Crippen LogP contribution is -2.13. The maximum atomic E-state index is 13.4. The fourth-order valence-electron chi connectivity index (χ4n) is 4.27. The van der Waals surface area contributed by atoms with Crippen LogP contribution in [0.3, 0.4) is 0 Å². The van der Waals surface area contributed by atoms with Gasteiger partial charge in [0.25, 0.3) is 0 Å². The van der Waals surface area contributed by atoms with Crippen molar-refractivity contribution in [1.29, 1.82) is 0 Å². The number of nitrogen functional groups attached to an aromatic ring is 1. The molecule has 7 nitrogen and oxygen atoms in total. The number of alkyl halides is 3. The third-order valence-electron chi connectivity index (χ3n) is 6.13. The highest BCUT2D eigenvalue weighted by Crippen LogP contribution is 2.38. The zero-order valence-electron chi connectivity index (χ0n) is 20.3. The minimum atomic E-state index is -4.51. The van der Waals surface area contributed by atoms with Gasteiger partial charge in [-0.3, -0.25) is 0 Å². The third-order valence-corrected chi connectivity index (χ3v) is 6.13. The molecule has 0 amide bonds. The van der Waals surface area contributed by atoms with Crippen LogP contribution >= 0.6 is 0 Å². The highest BCUT2D eigenvalue weighted by Gasteiger charge is 2.31. The average Bonchev–Trinajstić information content (AvgIpc) is 3.32. The Morgan fingerprint density at radius 2 is 1.65 bits per heavy atom. The minimum absolute atomic E-state index is 0.0291. The molecule has 1 atom stereocenters. The van der Waals surface area contributed by atoms with Gasteiger partial charge >= 0.3 is 6.18 Å². The summed E-state index contributed by atoms with van der Waals surface area (Å²) in [6.07, 6.45) is -4.51. The van der Waals surface area contributed by atoms with Crippen molar-refractivity contribution < 1.29 is 22.6 Å². The van der Waals surface area contributed by atoms with Crippen LogP contribution in [0.25, 0.3) is 27.8 Å². The Hall–Kier alpha value is -4.47. The first-order valence-electron chi connectivity index (χ1n) is 11.4. The molecule has 2 heterocycles. The lowest BCUT2D eigenvalue weighted by atomic mass is 10.0. The van der Waals surface area contributed by atoms with Gasteiger partial charge in [0.05, 0.1) is 37.0 Å². The number of hydrogen-bond acceptors (Lipinski definition) is 6. The van der Waals surface area contributed by atoms with Crippen LogP contribution in [-0.2, 0) is 6.18 Å². The van der Waals surface area contributed by atoms with Crippen molar-refractivity contribution in [2.24, 2.45) is 0 Å². The van der Waals surface area contributed by atoms with Gasteiger partial charge < -0.3 is 20.5 Å². The normalized spacial score (nSPS) is 12.6. The van der Waals surface area contributed by atoms with Gasteiger partial charge in [0.2, 0.25) is 0 Å². The first-order valence-corrected chi connectivity index (χ1v) is 11.4. The largest absolute Gasteiger partial charge is 0.493 e. The van der Waals surface area contributed by atoms with Crippen molar-refractivity contribution in [3.8, 4) is 22.8 Å². The summed E-state index contributed by atoms with van der Waals surface area (Å²) >= 11 is 0. The fourth-order valence-corrected chi connectivity index (χ4v) is 4.27. The van der Waals surface area contributed by atoms with Gasteiger partial charge in [0.1, 0.15) is 5.82 Å². The highest BCUT2D eigenvalue weighted by atomic mass is 19.4. The molecule has 5 rings (SSSR count). The predicted molar refractivity (Wildman–Crippen MR) is 137 cm³/mol. The SMILES string of the molecule is COc1cc2c(N[C@H](C)c3cc(N)cc(C(F)(F)F)c3)nc3cc(-c4ccccc4)nn3c2cc1OC. The molecule has 0 spiro atoms. The predicted octanol–water partition coefficient (Wildman–Crippen LogP) is 6.34. The summed E-state index contributed by atoms with van der Waals surface area (Å²) in [5.41, 5.74) is 8.27. The summed E-state index contributed by atoms with van der Waals surface area (Å²) in [7, 11) is 3.07. The molecule has 0 saturated carbocycles. The third kappa shape index (κ3) is 4.57. The van der Waals surface area contributed by atoms with Crippen LogP contribution in [0.15, 0.2) is 66.7 Å². The molecular weight excluding hydrogens is 483 g/mol. The summed E-state index contributed by atoms with van der Waals surface area (Å²) in [4.78, 5) is 4.78. The number of fused-ring (bicyclic) bond motifs is 3. The monoisotopic (exact) mass is 507 g/mol. The van der Waals surface area contributed by atoms with Gasteiger partial charge in [-0.25, -0.2) is 9.50 Å². The molecule has 0 aliphatic rings. The molecule has 3 N–H and O–H groups in total. The van der Waals surface area contributed by atoms with Crippen molar-refractivity contribution >= 4 is 28.1 Å². The Labute approximate surface area is 210 Å². The van der Waals surface area contributed by atoms with E-state index < -0.39 is 17.8 Å². The molecule has 3 aromatic carbocycles. The number of hydrogen-bond donors (Lipinski definition) is 2. The number of aromatic nitrogens is 3. The molecule has 0 aliphatic heterocycles. The lowest BCUT2D eigenvalue weighted by Gasteiger charge is -2.19. The average molecular weight is 508 g/mol. The van der Waals surface area contributed by atoms with E-state index in [2.05, 4.69) is 5.32 Å². The van der Waals surface area contributed by atoms with Gasteiger partial charge in [0.15, 0.2) is 17.1 Å². The van der Waals surface area contributed by atoms with Gasteiger partial charge in [-0.1, -0.05) is 30.3 Å². The molecule has 190 valence electrons. The number of ether oxygens (including phenoxy) is 2. The number of benzene rings is 3. The molecule has 2 aromatic heterocycles. The summed E-state index contributed by atoms with van der Waals surface area (Å²) in [5, 5.41) is 8.68. The van der Waals surface area contributed by atoms with E-state index in [9.17, 15) is 13.2 Å². The van der Waals surface area contributed by atoms with Crippen LogP contribution in [0, 0.1) is 0 Å². The summed E-state index contributed by atoms with van der Waals surface area (Å²) in [5.74, 6) is 1.43. The Bertz CT molecular complexity index is 1600. The maximum absolute atomic E-state index is 13.4. The zero-order valence-corrected chi connectivity index (χ0v) is 20.3. The van der Waals surface area contributed by atoms with E-state index >= 15 is 0 Å². The zero-order chi connectivity index (χ0) is 26.3. The summed E-state index contributed by atoms with van der Waals surface area (Å²) < 4.78 is 52.9. The van der Waals surface area contributed by atoms with Gasteiger partial charge in [-0.05, 0) is 36.8 Å². The minimum Gasteiger partial charge on any atom is -0.493 e. The molecule has 0 fully saturated rings. The van der Waals surface area contributed by atoms with Crippen LogP contribution in [0.5, 0.6) is 11.5 Å². The number of methoxy groups -OCH3 is 2. The van der Waals surface area contributed by atoms with Crippen LogP contribution in [0.4, 0.5) is 24.7 Å². The van der Waals surface area contributed by atoms with E-state index in [0.29, 0.717) is 39.4 Å². The van der Waals surface area contributed by atoms with Crippen LogP contribution in [0.1, 0.15) is 24.1 Å². The molecule has 5 aromatic rings. The van der Waals surface area contributed by atoms with Crippen molar-refractivity contribution in [3.63, 3.8) is 0 Å². The standard InChI is InChI=1S/C27H24F3N5O2/c1-15(17-9-18(27(28,29)30)11-19(31)10-17)32-26-20-12-23(36-2)24(37-3)14-22(20)35-25(33-26)13-21(34-35)16-7-5-4-6-8-16/h4-15H,31H2,1-3H3,(H,32,33)/t15-/m1/s1. The van der Waals surface area contributed by atoms with Gasteiger partial charge in [0, 0.05) is 28.8 Å². The molecule has 0 bridgehead atoms. The van der Waals surface area contributed by atoms with Gasteiger partial charge in [-0.2, -0.15) is 18.3 Å². The first-order chi connectivity index (χ1) is 17.7.